The fourth-order valence-electron chi connectivity index (χ4n) is 3.26. The molecule has 1 aliphatic rings. The summed E-state index contributed by atoms with van der Waals surface area (Å²) in [5, 5.41) is 1.11. The first-order valence-electron chi connectivity index (χ1n) is 10.4. The molecule has 150 valence electrons. The van der Waals surface area contributed by atoms with E-state index >= 15 is 0 Å². The Morgan fingerprint density at radius 2 is 1.73 bits per heavy atom. The van der Waals surface area contributed by atoms with Crippen molar-refractivity contribution in [3.8, 4) is 11.4 Å². The zero-order chi connectivity index (χ0) is 20.9. The molecule has 0 atom stereocenters. The maximum absolute atomic E-state index is 4.62. The molecule has 2 aromatic heterocycles. The predicted molar refractivity (Wildman–Crippen MR) is 126 cm³/mol. The van der Waals surface area contributed by atoms with Crippen LogP contribution in [0.15, 0.2) is 83.8 Å². The molecule has 0 bridgehead atoms. The number of hydrogen-bond donors (Lipinski definition) is 0. The van der Waals surface area contributed by atoms with Crippen LogP contribution in [0.1, 0.15) is 32.9 Å². The van der Waals surface area contributed by atoms with Gasteiger partial charge in [-0.05, 0) is 18.1 Å². The number of para-hydroxylation sites is 1. The van der Waals surface area contributed by atoms with Gasteiger partial charge in [0.1, 0.15) is 0 Å². The molecule has 0 fully saturated rings. The average molecular weight is 395 g/mol. The minimum atomic E-state index is 0.884. The fourth-order valence-corrected chi connectivity index (χ4v) is 3.26. The summed E-state index contributed by atoms with van der Waals surface area (Å²) in [4.78, 5) is 9.20. The Morgan fingerprint density at radius 1 is 1.00 bits per heavy atom. The zero-order valence-corrected chi connectivity index (χ0v) is 17.7. The third kappa shape index (κ3) is 3.78. The number of allylic oxidation sites excluding steroid dienone is 1. The van der Waals surface area contributed by atoms with Crippen LogP contribution in [-0.2, 0) is 0 Å². The maximum Gasteiger partial charge on any atom is 0.159 e. The van der Waals surface area contributed by atoms with Crippen LogP contribution in [0.3, 0.4) is 0 Å². The van der Waals surface area contributed by atoms with Gasteiger partial charge in [0, 0.05) is 35.6 Å². The molecule has 2 aromatic carbocycles. The Morgan fingerprint density at radius 3 is 2.50 bits per heavy atom. The van der Waals surface area contributed by atoms with Gasteiger partial charge in [-0.15, -0.1) is 5.73 Å². The lowest BCUT2D eigenvalue weighted by atomic mass is 10.2. The summed E-state index contributed by atoms with van der Waals surface area (Å²) >= 11 is 0. The molecule has 0 saturated carbocycles. The van der Waals surface area contributed by atoms with E-state index in [1.807, 2.05) is 54.9 Å². The molecule has 0 N–H and O–H groups in total. The van der Waals surface area contributed by atoms with E-state index in [9.17, 15) is 0 Å². The van der Waals surface area contributed by atoms with E-state index in [2.05, 4.69) is 70.1 Å². The van der Waals surface area contributed by atoms with Crippen molar-refractivity contribution in [2.24, 2.45) is 10.9 Å². The summed E-state index contributed by atoms with van der Waals surface area (Å²) < 4.78 is 4.21. The van der Waals surface area contributed by atoms with Gasteiger partial charge in [0.25, 0.3) is 0 Å². The normalized spacial score (nSPS) is 12.0. The Bertz CT molecular complexity index is 1230. The minimum absolute atomic E-state index is 0.884. The molecule has 3 heterocycles. The highest BCUT2D eigenvalue weighted by Gasteiger charge is 2.18. The van der Waals surface area contributed by atoms with Crippen LogP contribution in [0.25, 0.3) is 28.4 Å². The Labute approximate surface area is 177 Å². The lowest BCUT2D eigenvalue weighted by Gasteiger charge is -2.13. The smallest absolute Gasteiger partial charge is 0.159 e. The summed E-state index contributed by atoms with van der Waals surface area (Å²) in [7, 11) is 0. The third-order valence-electron chi connectivity index (χ3n) is 5.14. The lowest BCUT2D eigenvalue weighted by molar-refractivity contribution is 0.626. The predicted octanol–water partition coefficient (Wildman–Crippen LogP) is 6.75. The van der Waals surface area contributed by atoms with Gasteiger partial charge >= 0.3 is 0 Å². The number of hydrogen-bond acceptors (Lipinski definition) is 2. The van der Waals surface area contributed by atoms with Crippen molar-refractivity contribution in [3.63, 3.8) is 0 Å². The molecule has 4 heteroatoms. The maximum atomic E-state index is 4.62. The van der Waals surface area contributed by atoms with Crippen LogP contribution in [0.2, 0.25) is 0 Å². The summed E-state index contributed by atoms with van der Waals surface area (Å²) in [5.74, 6) is 1.77. The topological polar surface area (TPSA) is 35.1 Å². The average Bonchev–Trinajstić information content (AvgIpc) is 3.29. The van der Waals surface area contributed by atoms with Crippen molar-refractivity contribution in [1.82, 2.24) is 14.3 Å². The molecule has 1 aliphatic heterocycles. The van der Waals surface area contributed by atoms with Gasteiger partial charge in [-0.1, -0.05) is 75.7 Å². The van der Waals surface area contributed by atoms with Gasteiger partial charge in [0.2, 0.25) is 0 Å². The van der Waals surface area contributed by atoms with Crippen molar-refractivity contribution >= 4 is 28.9 Å². The highest BCUT2D eigenvalue weighted by molar-refractivity contribution is 5.99. The van der Waals surface area contributed by atoms with Gasteiger partial charge in [0.15, 0.2) is 5.82 Å². The molecule has 0 spiro atoms. The number of imidazole rings is 1. The van der Waals surface area contributed by atoms with Gasteiger partial charge in [-0.25, -0.2) is 14.3 Å². The number of nitrogens with zero attached hydrogens (tertiary/aromatic N) is 4. The number of benzene rings is 2. The number of aromatic nitrogens is 3. The monoisotopic (exact) mass is 394 g/mol. The first-order chi connectivity index (χ1) is 14.7. The van der Waals surface area contributed by atoms with Gasteiger partial charge in [-0.3, -0.25) is 4.99 Å². The SMILES string of the molecule is C1=CC=Nc2c(n(-n3ccnc3-c3ccccc3)c3ccccc23)C=1.CCC(C)C. The number of fused-ring (bicyclic) bond motifs is 3. The summed E-state index contributed by atoms with van der Waals surface area (Å²) in [5.41, 5.74) is 7.26. The highest BCUT2D eigenvalue weighted by Crippen LogP contribution is 2.35. The van der Waals surface area contributed by atoms with E-state index in [1.165, 1.54) is 6.42 Å². The van der Waals surface area contributed by atoms with Gasteiger partial charge in [-0.2, -0.15) is 0 Å². The number of aliphatic imine (C=N–C) groups is 1. The first-order valence-corrected chi connectivity index (χ1v) is 10.4. The second-order valence-electron chi connectivity index (χ2n) is 7.58. The molecule has 0 unspecified atom stereocenters. The molecular weight excluding hydrogens is 368 g/mol. The number of rotatable bonds is 3. The Balaban J connectivity index is 0.000000393. The molecule has 5 rings (SSSR count). The van der Waals surface area contributed by atoms with E-state index in [1.54, 1.807) is 6.21 Å². The second kappa shape index (κ2) is 8.81. The molecular formula is C26H26N4. The van der Waals surface area contributed by atoms with Gasteiger partial charge < -0.3 is 0 Å². The molecule has 0 radical (unpaired) electrons. The van der Waals surface area contributed by atoms with Crippen LogP contribution in [0, 0.1) is 5.92 Å². The molecule has 0 aliphatic carbocycles. The quantitative estimate of drug-likeness (QED) is 0.354. The zero-order valence-electron chi connectivity index (χ0n) is 17.7. The summed E-state index contributed by atoms with van der Waals surface area (Å²) in [6.45, 7) is 6.64. The van der Waals surface area contributed by atoms with Crippen LogP contribution >= 0.6 is 0 Å². The van der Waals surface area contributed by atoms with Crippen LogP contribution in [-0.4, -0.2) is 20.6 Å². The van der Waals surface area contributed by atoms with Crippen LogP contribution < -0.4 is 0 Å². The van der Waals surface area contributed by atoms with E-state index in [-0.39, 0.29) is 0 Å². The van der Waals surface area contributed by atoms with Crippen molar-refractivity contribution in [1.29, 1.82) is 0 Å². The van der Waals surface area contributed by atoms with Gasteiger partial charge in [0.05, 0.1) is 16.9 Å². The van der Waals surface area contributed by atoms with E-state index < -0.39 is 0 Å². The molecule has 30 heavy (non-hydrogen) atoms. The largest absolute Gasteiger partial charge is 0.253 e. The molecule has 4 nitrogen and oxygen atoms in total. The third-order valence-corrected chi connectivity index (χ3v) is 5.14. The molecule has 0 saturated heterocycles. The fraction of sp³-hybridized carbons (Fsp3) is 0.192. The standard InChI is InChI=1S/C21H14N4.C5H12/c1-2-8-16(9-3-1)21-23-14-15-24(21)25-18-11-5-4-10-17(18)20-19(25)12-6-7-13-22-20;1-4-5(2)3/h1-5,7-15H;5H,4H2,1-3H3. The van der Waals surface area contributed by atoms with Crippen LogP contribution in [0.5, 0.6) is 0 Å². The van der Waals surface area contributed by atoms with E-state index in [0.717, 1.165) is 39.6 Å². The highest BCUT2D eigenvalue weighted by atomic mass is 15.5. The first kappa shape index (κ1) is 19.7. The van der Waals surface area contributed by atoms with Crippen molar-refractivity contribution < 1.29 is 0 Å². The Kier molecular flexibility index (Phi) is 5.78. The van der Waals surface area contributed by atoms with Crippen molar-refractivity contribution in [2.75, 3.05) is 0 Å². The second-order valence-corrected chi connectivity index (χ2v) is 7.58. The Hall–Kier alpha value is -3.62. The minimum Gasteiger partial charge on any atom is -0.253 e. The molecule has 0 amide bonds. The van der Waals surface area contributed by atoms with Crippen molar-refractivity contribution in [2.45, 2.75) is 27.2 Å². The van der Waals surface area contributed by atoms with Crippen molar-refractivity contribution in [3.05, 3.63) is 84.5 Å². The molecule has 4 aromatic rings. The van der Waals surface area contributed by atoms with E-state index in [0.29, 0.717) is 0 Å². The lowest BCUT2D eigenvalue weighted by Crippen LogP contribution is -2.11. The summed E-state index contributed by atoms with van der Waals surface area (Å²) in [6, 6.07) is 18.5. The summed E-state index contributed by atoms with van der Waals surface area (Å²) in [6.07, 6.45) is 10.7. The van der Waals surface area contributed by atoms with E-state index in [4.69, 9.17) is 0 Å². The van der Waals surface area contributed by atoms with Crippen LogP contribution in [0.4, 0.5) is 5.69 Å².